The van der Waals surface area contributed by atoms with Crippen LogP contribution >= 0.6 is 11.6 Å². The fraction of sp³-hybridized carbons (Fsp3) is 0.348. The Morgan fingerprint density at radius 3 is 2.53 bits per heavy atom. The van der Waals surface area contributed by atoms with E-state index in [0.717, 1.165) is 61.2 Å². The molecule has 30 heavy (non-hydrogen) atoms. The van der Waals surface area contributed by atoms with Crippen molar-refractivity contribution in [2.24, 2.45) is 0 Å². The van der Waals surface area contributed by atoms with Gasteiger partial charge >= 0.3 is 0 Å². The molecule has 0 unspecified atom stereocenters. The van der Waals surface area contributed by atoms with Crippen LogP contribution in [0.3, 0.4) is 0 Å². The summed E-state index contributed by atoms with van der Waals surface area (Å²) in [6.07, 6.45) is 2.88. The Morgan fingerprint density at radius 1 is 1.03 bits per heavy atom. The van der Waals surface area contributed by atoms with E-state index in [1.165, 1.54) is 5.56 Å². The van der Waals surface area contributed by atoms with Gasteiger partial charge in [0, 0.05) is 60.8 Å². The van der Waals surface area contributed by atoms with Crippen LogP contribution in [0.15, 0.2) is 47.4 Å². The zero-order valence-corrected chi connectivity index (χ0v) is 18.1. The molecular formula is C23H26ClN5O. The van der Waals surface area contributed by atoms with Gasteiger partial charge in [-0.2, -0.15) is 0 Å². The molecule has 1 aromatic carbocycles. The van der Waals surface area contributed by atoms with Gasteiger partial charge in [0.05, 0.1) is 0 Å². The fourth-order valence-electron chi connectivity index (χ4n) is 3.70. The lowest BCUT2D eigenvalue weighted by Crippen LogP contribution is -2.30. The molecule has 0 atom stereocenters. The molecule has 0 bridgehead atoms. The summed E-state index contributed by atoms with van der Waals surface area (Å²) in [6, 6.07) is 12.1. The summed E-state index contributed by atoms with van der Waals surface area (Å²) in [5.41, 5.74) is 3.39. The Morgan fingerprint density at radius 2 is 1.83 bits per heavy atom. The third-order valence-electron chi connectivity index (χ3n) is 5.65. The number of hydrogen-bond donors (Lipinski definition) is 1. The van der Waals surface area contributed by atoms with Crippen molar-refractivity contribution in [2.75, 3.05) is 31.1 Å². The number of pyridine rings is 1. The number of nitrogens with one attached hydrogen (secondary N) is 1. The van der Waals surface area contributed by atoms with Gasteiger partial charge in [-0.25, -0.2) is 9.97 Å². The van der Waals surface area contributed by atoms with Gasteiger partial charge < -0.3 is 9.88 Å². The predicted molar refractivity (Wildman–Crippen MR) is 121 cm³/mol. The van der Waals surface area contributed by atoms with E-state index in [2.05, 4.69) is 36.9 Å². The van der Waals surface area contributed by atoms with Crippen molar-refractivity contribution in [3.63, 3.8) is 0 Å². The highest BCUT2D eigenvalue weighted by Crippen LogP contribution is 2.20. The zero-order chi connectivity index (χ0) is 21.1. The summed E-state index contributed by atoms with van der Waals surface area (Å²) in [4.78, 5) is 28.8. The highest BCUT2D eigenvalue weighted by atomic mass is 35.5. The van der Waals surface area contributed by atoms with Gasteiger partial charge in [-0.15, -0.1) is 0 Å². The molecule has 0 saturated carbocycles. The largest absolute Gasteiger partial charge is 0.355 e. The second-order valence-electron chi connectivity index (χ2n) is 7.77. The van der Waals surface area contributed by atoms with Crippen molar-refractivity contribution in [2.45, 2.75) is 26.8 Å². The lowest BCUT2D eigenvalue weighted by molar-refractivity contribution is 0.285. The second kappa shape index (κ2) is 8.98. The van der Waals surface area contributed by atoms with Crippen molar-refractivity contribution in [1.29, 1.82) is 0 Å². The number of nitrogens with zero attached hydrogens (tertiary/aromatic N) is 4. The molecule has 2 aromatic heterocycles. The van der Waals surface area contributed by atoms with Gasteiger partial charge in [0.2, 0.25) is 0 Å². The highest BCUT2D eigenvalue weighted by molar-refractivity contribution is 6.30. The number of H-pyrrole nitrogens is 1. The quantitative estimate of drug-likeness (QED) is 0.691. The van der Waals surface area contributed by atoms with E-state index in [1.807, 2.05) is 31.2 Å². The maximum absolute atomic E-state index is 12.0. The molecule has 156 valence electrons. The van der Waals surface area contributed by atoms with Gasteiger partial charge in [0.25, 0.3) is 5.56 Å². The molecule has 1 N–H and O–H groups in total. The molecule has 0 spiro atoms. The highest BCUT2D eigenvalue weighted by Gasteiger charge is 2.16. The molecule has 1 fully saturated rings. The predicted octanol–water partition coefficient (Wildman–Crippen LogP) is 3.81. The first-order chi connectivity index (χ1) is 14.5. The topological polar surface area (TPSA) is 65.1 Å². The summed E-state index contributed by atoms with van der Waals surface area (Å²) in [6.45, 7) is 8.51. The van der Waals surface area contributed by atoms with Gasteiger partial charge in [0.15, 0.2) is 0 Å². The van der Waals surface area contributed by atoms with Crippen LogP contribution in [0.2, 0.25) is 5.02 Å². The molecule has 1 aliphatic heterocycles. The Balaban J connectivity index is 1.42. The lowest BCUT2D eigenvalue weighted by atomic mass is 10.2. The number of aryl methyl sites for hydroxylation is 1. The van der Waals surface area contributed by atoms with Crippen molar-refractivity contribution < 1.29 is 0 Å². The second-order valence-corrected chi connectivity index (χ2v) is 8.21. The number of aromatic amines is 1. The molecule has 3 aromatic rings. The van der Waals surface area contributed by atoms with Crippen LogP contribution in [-0.2, 0) is 6.54 Å². The number of aromatic nitrogens is 3. The van der Waals surface area contributed by atoms with E-state index < -0.39 is 0 Å². The number of benzene rings is 1. The minimum absolute atomic E-state index is 0.102. The molecule has 6 nitrogen and oxygen atoms in total. The Bertz CT molecular complexity index is 1060. The Labute approximate surface area is 181 Å². The number of halogens is 1. The van der Waals surface area contributed by atoms with Crippen LogP contribution in [0.4, 0.5) is 5.82 Å². The first-order valence-electron chi connectivity index (χ1n) is 10.3. The number of rotatable bonds is 4. The zero-order valence-electron chi connectivity index (χ0n) is 17.4. The summed E-state index contributed by atoms with van der Waals surface area (Å²) in [5.74, 6) is 1.52. The standard InChI is InChI=1S/C23H26ClN5O/c1-16-17(2)26-22(27-23(16)30)19-6-9-21(25-14-19)29-11-3-10-28(12-13-29)15-18-4-7-20(24)8-5-18/h4-9,14H,3,10-13,15H2,1-2H3,(H,26,27,30). The van der Waals surface area contributed by atoms with E-state index in [4.69, 9.17) is 11.6 Å². The minimum atomic E-state index is -0.102. The summed E-state index contributed by atoms with van der Waals surface area (Å²) >= 11 is 5.99. The molecule has 0 aliphatic carbocycles. The minimum Gasteiger partial charge on any atom is -0.355 e. The Hall–Kier alpha value is -2.70. The third-order valence-corrected chi connectivity index (χ3v) is 5.90. The van der Waals surface area contributed by atoms with Gasteiger partial charge in [-0.05, 0) is 50.1 Å². The molecule has 3 heterocycles. The fourth-order valence-corrected chi connectivity index (χ4v) is 3.83. The SMILES string of the molecule is Cc1nc(-c2ccc(N3CCCN(Cc4ccc(Cl)cc4)CC3)nc2)[nH]c(=O)c1C. The van der Waals surface area contributed by atoms with E-state index in [0.29, 0.717) is 11.4 Å². The molecule has 7 heteroatoms. The van der Waals surface area contributed by atoms with E-state index in [9.17, 15) is 4.79 Å². The molecule has 0 amide bonds. The van der Waals surface area contributed by atoms with Crippen molar-refractivity contribution >= 4 is 17.4 Å². The van der Waals surface area contributed by atoms with Gasteiger partial charge in [-0.3, -0.25) is 9.69 Å². The first kappa shape index (κ1) is 20.6. The molecule has 4 rings (SSSR count). The monoisotopic (exact) mass is 423 g/mol. The first-order valence-corrected chi connectivity index (χ1v) is 10.6. The van der Waals surface area contributed by atoms with Crippen molar-refractivity contribution in [3.05, 3.63) is 74.8 Å². The summed E-state index contributed by atoms with van der Waals surface area (Å²) in [7, 11) is 0. The van der Waals surface area contributed by atoms with Gasteiger partial charge in [0.1, 0.15) is 11.6 Å². The molecule has 1 saturated heterocycles. The Kier molecular flexibility index (Phi) is 6.16. The number of hydrogen-bond acceptors (Lipinski definition) is 5. The van der Waals surface area contributed by atoms with Crippen molar-refractivity contribution in [3.8, 4) is 11.4 Å². The van der Waals surface area contributed by atoms with Gasteiger partial charge in [-0.1, -0.05) is 23.7 Å². The van der Waals surface area contributed by atoms with Crippen LogP contribution in [0, 0.1) is 13.8 Å². The average Bonchev–Trinajstić information content (AvgIpc) is 2.99. The maximum atomic E-state index is 12.0. The normalized spacial score (nSPS) is 15.2. The molecule has 0 radical (unpaired) electrons. The third kappa shape index (κ3) is 4.71. The maximum Gasteiger partial charge on any atom is 0.254 e. The van der Waals surface area contributed by atoms with Crippen LogP contribution in [0.5, 0.6) is 0 Å². The van der Waals surface area contributed by atoms with Crippen LogP contribution in [0.25, 0.3) is 11.4 Å². The summed E-state index contributed by atoms with van der Waals surface area (Å²) < 4.78 is 0. The number of anilines is 1. The van der Waals surface area contributed by atoms with Crippen LogP contribution in [0.1, 0.15) is 23.2 Å². The van der Waals surface area contributed by atoms with Crippen molar-refractivity contribution in [1.82, 2.24) is 19.9 Å². The van der Waals surface area contributed by atoms with E-state index in [1.54, 1.807) is 13.1 Å². The lowest BCUT2D eigenvalue weighted by Gasteiger charge is -2.23. The summed E-state index contributed by atoms with van der Waals surface area (Å²) in [5, 5.41) is 0.774. The molecule has 1 aliphatic rings. The average molecular weight is 424 g/mol. The van der Waals surface area contributed by atoms with Crippen LogP contribution in [-0.4, -0.2) is 46.0 Å². The smallest absolute Gasteiger partial charge is 0.254 e. The van der Waals surface area contributed by atoms with E-state index >= 15 is 0 Å². The molecular weight excluding hydrogens is 398 g/mol. The van der Waals surface area contributed by atoms with E-state index in [-0.39, 0.29) is 5.56 Å². The van der Waals surface area contributed by atoms with Crippen LogP contribution < -0.4 is 10.5 Å².